The Morgan fingerprint density at radius 3 is 2.31 bits per heavy atom. The van der Waals surface area contributed by atoms with Crippen molar-refractivity contribution in [3.8, 4) is 0 Å². The highest BCUT2D eigenvalue weighted by Gasteiger charge is 2.07. The van der Waals surface area contributed by atoms with Crippen LogP contribution < -0.4 is 0 Å². The predicted octanol–water partition coefficient (Wildman–Crippen LogP) is 0.128. The van der Waals surface area contributed by atoms with Gasteiger partial charge in [0.15, 0.2) is 0 Å². The van der Waals surface area contributed by atoms with Crippen LogP contribution in [0.15, 0.2) is 6.07 Å². The third-order valence-corrected chi connectivity index (χ3v) is 1.22. The molecule has 1 heterocycles. The molecule has 13 heavy (non-hydrogen) atoms. The third kappa shape index (κ3) is 3.37. The van der Waals surface area contributed by atoms with E-state index in [2.05, 4.69) is 5.10 Å². The summed E-state index contributed by atoms with van der Waals surface area (Å²) in [6.07, 6.45) is 0. The summed E-state index contributed by atoms with van der Waals surface area (Å²) in [6.45, 7) is 1.51. The molecule has 1 aromatic heterocycles. The van der Waals surface area contributed by atoms with E-state index >= 15 is 0 Å². The van der Waals surface area contributed by atoms with Gasteiger partial charge in [-0.1, -0.05) is 0 Å². The zero-order valence-electron chi connectivity index (χ0n) is 7.26. The lowest BCUT2D eigenvalue weighted by atomic mass is 10.4. The quantitative estimate of drug-likeness (QED) is 0.608. The van der Waals surface area contributed by atoms with Crippen LogP contribution in [0.25, 0.3) is 0 Å². The monoisotopic (exact) mass is 186 g/mol. The Kier molecular flexibility index (Phi) is 4.21. The Bertz CT molecular complexity index is 305. The summed E-state index contributed by atoms with van der Waals surface area (Å²) < 4.78 is 1.34. The summed E-state index contributed by atoms with van der Waals surface area (Å²) in [5, 5.41) is 19.3. The van der Waals surface area contributed by atoms with Crippen LogP contribution in [0.4, 0.5) is 0 Å². The average molecular weight is 186 g/mol. The normalized spacial score (nSPS) is 8.46. The molecule has 0 amide bonds. The summed E-state index contributed by atoms with van der Waals surface area (Å²) in [5.41, 5.74) is 0.942. The van der Waals surface area contributed by atoms with Crippen LogP contribution in [-0.2, 0) is 11.8 Å². The van der Waals surface area contributed by atoms with Gasteiger partial charge in [-0.25, -0.2) is 4.79 Å². The maximum atomic E-state index is 10.4. The van der Waals surface area contributed by atoms with Gasteiger partial charge in [0.05, 0.1) is 5.69 Å². The molecule has 0 aromatic carbocycles. The van der Waals surface area contributed by atoms with Gasteiger partial charge in [-0.3, -0.25) is 9.48 Å². The fourth-order valence-corrected chi connectivity index (χ4v) is 0.811. The van der Waals surface area contributed by atoms with Gasteiger partial charge in [0.25, 0.3) is 6.47 Å². The van der Waals surface area contributed by atoms with Crippen molar-refractivity contribution in [1.29, 1.82) is 0 Å². The molecule has 0 unspecified atom stereocenters. The van der Waals surface area contributed by atoms with E-state index < -0.39 is 5.97 Å². The SMILES string of the molecule is Cc1cc(C(=O)O)n(C)n1.O=CO. The number of carboxylic acid groups (broad SMARTS) is 2. The minimum absolute atomic E-state index is 0.220. The molecule has 6 nitrogen and oxygen atoms in total. The molecule has 0 bridgehead atoms. The lowest BCUT2D eigenvalue weighted by molar-refractivity contribution is -0.122. The molecule has 0 saturated carbocycles. The van der Waals surface area contributed by atoms with Gasteiger partial charge in [-0.2, -0.15) is 5.10 Å². The molecule has 72 valence electrons. The number of carboxylic acids is 1. The van der Waals surface area contributed by atoms with Crippen molar-refractivity contribution in [2.24, 2.45) is 7.05 Å². The Morgan fingerprint density at radius 2 is 2.15 bits per heavy atom. The minimum atomic E-state index is -0.942. The number of aryl methyl sites for hydroxylation is 2. The molecule has 0 fully saturated rings. The first-order chi connectivity index (χ1) is 6.02. The molecule has 2 N–H and O–H groups in total. The summed E-state index contributed by atoms with van der Waals surface area (Å²) in [4.78, 5) is 18.7. The summed E-state index contributed by atoms with van der Waals surface area (Å²) in [5.74, 6) is -0.942. The fourth-order valence-electron chi connectivity index (χ4n) is 0.811. The highest BCUT2D eigenvalue weighted by atomic mass is 16.4. The molecule has 0 saturated heterocycles. The average Bonchev–Trinajstić information content (AvgIpc) is 2.31. The number of aromatic nitrogens is 2. The largest absolute Gasteiger partial charge is 0.483 e. The Balaban J connectivity index is 0.000000424. The summed E-state index contributed by atoms with van der Waals surface area (Å²) >= 11 is 0. The number of nitrogens with zero attached hydrogens (tertiary/aromatic N) is 2. The van der Waals surface area contributed by atoms with Crippen molar-refractivity contribution in [1.82, 2.24) is 9.78 Å². The van der Waals surface area contributed by atoms with E-state index in [9.17, 15) is 4.79 Å². The Hall–Kier alpha value is -1.85. The van der Waals surface area contributed by atoms with Gasteiger partial charge in [0.2, 0.25) is 0 Å². The van der Waals surface area contributed by atoms with Gasteiger partial charge in [0, 0.05) is 7.05 Å². The van der Waals surface area contributed by atoms with Crippen molar-refractivity contribution in [2.75, 3.05) is 0 Å². The van der Waals surface area contributed by atoms with Gasteiger partial charge in [0.1, 0.15) is 5.69 Å². The lowest BCUT2D eigenvalue weighted by Gasteiger charge is -1.91. The molecule has 0 aliphatic carbocycles. The van der Waals surface area contributed by atoms with E-state index in [1.165, 1.54) is 10.7 Å². The fraction of sp³-hybridized carbons (Fsp3) is 0.286. The number of rotatable bonds is 1. The minimum Gasteiger partial charge on any atom is -0.483 e. The van der Waals surface area contributed by atoms with Gasteiger partial charge in [-0.15, -0.1) is 0 Å². The first kappa shape index (κ1) is 11.2. The van der Waals surface area contributed by atoms with Crippen molar-refractivity contribution >= 4 is 12.4 Å². The molecule has 0 aliphatic heterocycles. The van der Waals surface area contributed by atoms with E-state index in [1.54, 1.807) is 14.0 Å². The van der Waals surface area contributed by atoms with Gasteiger partial charge >= 0.3 is 5.97 Å². The number of hydrogen-bond acceptors (Lipinski definition) is 3. The summed E-state index contributed by atoms with van der Waals surface area (Å²) in [7, 11) is 1.61. The number of carbonyl (C=O) groups is 2. The van der Waals surface area contributed by atoms with E-state index in [-0.39, 0.29) is 12.2 Å². The van der Waals surface area contributed by atoms with Crippen LogP contribution >= 0.6 is 0 Å². The van der Waals surface area contributed by atoms with Crippen molar-refractivity contribution in [2.45, 2.75) is 6.92 Å². The van der Waals surface area contributed by atoms with Gasteiger partial charge < -0.3 is 10.2 Å². The first-order valence-corrected chi connectivity index (χ1v) is 3.34. The third-order valence-electron chi connectivity index (χ3n) is 1.22. The van der Waals surface area contributed by atoms with Gasteiger partial charge in [-0.05, 0) is 13.0 Å². The maximum absolute atomic E-state index is 10.4. The van der Waals surface area contributed by atoms with E-state index in [1.807, 2.05) is 0 Å². The van der Waals surface area contributed by atoms with Crippen LogP contribution in [0.3, 0.4) is 0 Å². The number of hydrogen-bond donors (Lipinski definition) is 2. The van der Waals surface area contributed by atoms with Crippen LogP contribution in [-0.4, -0.2) is 32.4 Å². The molecule has 0 aliphatic rings. The van der Waals surface area contributed by atoms with Crippen molar-refractivity contribution in [3.63, 3.8) is 0 Å². The van der Waals surface area contributed by atoms with Crippen molar-refractivity contribution in [3.05, 3.63) is 17.5 Å². The standard InChI is InChI=1S/C6H8N2O2.CH2O2/c1-4-3-5(6(9)10)8(2)7-4;2-1-3/h3H,1-2H3,(H,9,10);1H,(H,2,3). The van der Waals surface area contributed by atoms with Crippen LogP contribution in [0.1, 0.15) is 16.2 Å². The zero-order chi connectivity index (χ0) is 10.4. The molecule has 1 aromatic rings. The molecular weight excluding hydrogens is 176 g/mol. The molecule has 0 spiro atoms. The highest BCUT2D eigenvalue weighted by Crippen LogP contribution is 2.00. The molecular formula is C7H10N2O4. The predicted molar refractivity (Wildman–Crippen MR) is 43.6 cm³/mol. The first-order valence-electron chi connectivity index (χ1n) is 3.34. The molecule has 6 heteroatoms. The van der Waals surface area contributed by atoms with Crippen LogP contribution in [0.5, 0.6) is 0 Å². The van der Waals surface area contributed by atoms with Crippen LogP contribution in [0.2, 0.25) is 0 Å². The second-order valence-corrected chi connectivity index (χ2v) is 2.21. The second-order valence-electron chi connectivity index (χ2n) is 2.21. The van der Waals surface area contributed by atoms with Crippen LogP contribution in [0, 0.1) is 6.92 Å². The highest BCUT2D eigenvalue weighted by molar-refractivity contribution is 5.85. The second kappa shape index (κ2) is 4.91. The smallest absolute Gasteiger partial charge is 0.354 e. The molecule has 0 radical (unpaired) electrons. The van der Waals surface area contributed by atoms with Crippen molar-refractivity contribution < 1.29 is 19.8 Å². The Labute approximate surface area is 74.4 Å². The maximum Gasteiger partial charge on any atom is 0.354 e. The number of aromatic carboxylic acids is 1. The Morgan fingerprint density at radius 1 is 1.69 bits per heavy atom. The van der Waals surface area contributed by atoms with E-state index in [4.69, 9.17) is 15.0 Å². The topological polar surface area (TPSA) is 92.4 Å². The molecule has 1 rings (SSSR count). The summed E-state index contributed by atoms with van der Waals surface area (Å²) in [6, 6.07) is 1.53. The van der Waals surface area contributed by atoms with E-state index in [0.29, 0.717) is 0 Å². The van der Waals surface area contributed by atoms with E-state index in [0.717, 1.165) is 5.69 Å². The lowest BCUT2D eigenvalue weighted by Crippen LogP contribution is -2.04. The zero-order valence-corrected chi connectivity index (χ0v) is 7.26. The molecule has 0 atom stereocenters.